The number of rotatable bonds is 5. The number of aromatic nitrogens is 1. The molecule has 1 aromatic rings. The van der Waals surface area contributed by atoms with E-state index in [9.17, 15) is 8.42 Å². The molecule has 0 aliphatic rings. The maximum absolute atomic E-state index is 11.2. The van der Waals surface area contributed by atoms with Gasteiger partial charge in [-0.05, 0) is 6.92 Å². The zero-order chi connectivity index (χ0) is 10.6. The Morgan fingerprint density at radius 3 is 2.86 bits per heavy atom. The summed E-state index contributed by atoms with van der Waals surface area (Å²) in [6.45, 7) is 2.15. The van der Waals surface area contributed by atoms with Gasteiger partial charge in [-0.2, -0.15) is 0 Å². The Bertz CT molecular complexity index is 388. The van der Waals surface area contributed by atoms with E-state index in [0.29, 0.717) is 6.54 Å². The van der Waals surface area contributed by atoms with Crippen LogP contribution in [0.15, 0.2) is 5.51 Å². The lowest BCUT2D eigenvalue weighted by Crippen LogP contribution is -2.26. The monoisotopic (exact) mass is 254 g/mol. The maximum atomic E-state index is 11.2. The van der Waals surface area contributed by atoms with Crippen LogP contribution >= 0.6 is 22.9 Å². The lowest BCUT2D eigenvalue weighted by molar-refractivity contribution is 0.583. The summed E-state index contributed by atoms with van der Waals surface area (Å²) in [5.74, 6) is 0.0589. The first-order chi connectivity index (χ1) is 6.55. The van der Waals surface area contributed by atoms with Crippen molar-refractivity contribution in [2.75, 3.05) is 11.6 Å². The first-order valence-corrected chi connectivity index (χ1v) is 7.04. The molecule has 0 fully saturated rings. The Kier molecular flexibility index (Phi) is 4.31. The third kappa shape index (κ3) is 3.53. The number of nitrogens with zero attached hydrogens (tertiary/aromatic N) is 1. The molecule has 0 bridgehead atoms. The van der Waals surface area contributed by atoms with Crippen molar-refractivity contribution >= 4 is 33.0 Å². The van der Waals surface area contributed by atoms with Crippen LogP contribution in [0.1, 0.15) is 10.6 Å². The Balaban J connectivity index is 2.53. The van der Waals surface area contributed by atoms with Crippen LogP contribution < -0.4 is 4.72 Å². The molecule has 1 N–H and O–H groups in total. The van der Waals surface area contributed by atoms with Gasteiger partial charge in [0.25, 0.3) is 0 Å². The molecule has 80 valence electrons. The summed E-state index contributed by atoms with van der Waals surface area (Å²) >= 11 is 6.79. The van der Waals surface area contributed by atoms with Crippen molar-refractivity contribution in [3.05, 3.63) is 16.1 Å². The smallest absolute Gasteiger partial charge is 0.213 e. The van der Waals surface area contributed by atoms with Gasteiger partial charge in [0.05, 0.1) is 17.0 Å². The standard InChI is InChI=1S/C7H11ClN2O2S2/c1-6-7(13-5-9-6)4-10-14(11,12)3-2-8/h5,10H,2-4H2,1H3. The van der Waals surface area contributed by atoms with Gasteiger partial charge in [-0.3, -0.25) is 0 Å². The van der Waals surface area contributed by atoms with Gasteiger partial charge < -0.3 is 0 Å². The van der Waals surface area contributed by atoms with Gasteiger partial charge in [0.2, 0.25) is 10.0 Å². The summed E-state index contributed by atoms with van der Waals surface area (Å²) in [6.07, 6.45) is 0. The lowest BCUT2D eigenvalue weighted by atomic mass is 10.4. The minimum Gasteiger partial charge on any atom is -0.250 e. The van der Waals surface area contributed by atoms with E-state index in [4.69, 9.17) is 11.6 Å². The number of thiazole rings is 1. The van der Waals surface area contributed by atoms with Crippen molar-refractivity contribution in [3.63, 3.8) is 0 Å². The normalized spacial score (nSPS) is 11.9. The summed E-state index contributed by atoms with van der Waals surface area (Å²) in [5, 5.41) is 0. The number of hydrogen-bond acceptors (Lipinski definition) is 4. The number of alkyl halides is 1. The van der Waals surface area contributed by atoms with Gasteiger partial charge in [-0.1, -0.05) is 0 Å². The molecule has 0 saturated heterocycles. The zero-order valence-electron chi connectivity index (χ0n) is 7.66. The molecule has 0 aliphatic heterocycles. The molecule has 0 spiro atoms. The van der Waals surface area contributed by atoms with Crippen LogP contribution in [-0.2, 0) is 16.6 Å². The highest BCUT2D eigenvalue weighted by atomic mass is 35.5. The quantitative estimate of drug-likeness (QED) is 0.801. The second-order valence-electron chi connectivity index (χ2n) is 2.69. The first kappa shape index (κ1) is 11.9. The summed E-state index contributed by atoms with van der Waals surface area (Å²) in [4.78, 5) is 4.95. The third-order valence-electron chi connectivity index (χ3n) is 1.64. The van der Waals surface area contributed by atoms with E-state index in [1.807, 2.05) is 6.92 Å². The Morgan fingerprint density at radius 1 is 1.64 bits per heavy atom. The molecule has 0 atom stereocenters. The van der Waals surface area contributed by atoms with E-state index in [2.05, 4.69) is 9.71 Å². The summed E-state index contributed by atoms with van der Waals surface area (Å²) in [6, 6.07) is 0. The van der Waals surface area contributed by atoms with Crippen LogP contribution in [0.25, 0.3) is 0 Å². The fourth-order valence-corrected chi connectivity index (χ4v) is 2.97. The number of aryl methyl sites for hydroxylation is 1. The highest BCUT2D eigenvalue weighted by Gasteiger charge is 2.10. The number of hydrogen-bond donors (Lipinski definition) is 1. The Labute approximate surface area is 92.4 Å². The van der Waals surface area contributed by atoms with Gasteiger partial charge in [0, 0.05) is 17.3 Å². The molecular formula is C7H11ClN2O2S2. The average Bonchev–Trinajstić information content (AvgIpc) is 2.48. The number of sulfonamides is 1. The molecule has 0 amide bonds. The minimum absolute atomic E-state index is 0.0492. The van der Waals surface area contributed by atoms with Crippen molar-refractivity contribution in [3.8, 4) is 0 Å². The van der Waals surface area contributed by atoms with E-state index in [-0.39, 0.29) is 11.6 Å². The maximum Gasteiger partial charge on any atom is 0.213 e. The van der Waals surface area contributed by atoms with Crippen LogP contribution in [0.3, 0.4) is 0 Å². The largest absolute Gasteiger partial charge is 0.250 e. The molecule has 1 rings (SSSR count). The van der Waals surface area contributed by atoms with Crippen molar-refractivity contribution < 1.29 is 8.42 Å². The van der Waals surface area contributed by atoms with Crippen molar-refractivity contribution in [2.45, 2.75) is 13.5 Å². The molecule has 0 saturated carbocycles. The Morgan fingerprint density at radius 2 is 2.36 bits per heavy atom. The summed E-state index contributed by atoms with van der Waals surface area (Å²) in [7, 11) is -3.23. The predicted octanol–water partition coefficient (Wildman–Crippen LogP) is 1.11. The van der Waals surface area contributed by atoms with Gasteiger partial charge in [0.15, 0.2) is 0 Å². The van der Waals surface area contributed by atoms with E-state index < -0.39 is 10.0 Å². The van der Waals surface area contributed by atoms with Crippen molar-refractivity contribution in [2.24, 2.45) is 0 Å². The fraction of sp³-hybridized carbons (Fsp3) is 0.571. The molecular weight excluding hydrogens is 244 g/mol. The van der Waals surface area contributed by atoms with Crippen LogP contribution in [0.2, 0.25) is 0 Å². The van der Waals surface area contributed by atoms with Crippen LogP contribution in [-0.4, -0.2) is 25.0 Å². The predicted molar refractivity (Wildman–Crippen MR) is 58.2 cm³/mol. The molecule has 0 aliphatic carbocycles. The second-order valence-corrected chi connectivity index (χ2v) is 5.93. The number of halogens is 1. The van der Waals surface area contributed by atoms with Gasteiger partial charge in [-0.25, -0.2) is 18.1 Å². The second kappa shape index (κ2) is 5.06. The molecule has 1 aromatic heterocycles. The van der Waals surface area contributed by atoms with Crippen LogP contribution in [0.4, 0.5) is 0 Å². The van der Waals surface area contributed by atoms with Crippen molar-refractivity contribution in [1.29, 1.82) is 0 Å². The zero-order valence-corrected chi connectivity index (χ0v) is 10.0. The molecule has 14 heavy (non-hydrogen) atoms. The van der Waals surface area contributed by atoms with E-state index in [0.717, 1.165) is 10.6 Å². The van der Waals surface area contributed by atoms with Crippen LogP contribution in [0, 0.1) is 6.92 Å². The SMILES string of the molecule is Cc1ncsc1CNS(=O)(=O)CCCl. The number of nitrogens with one attached hydrogen (secondary N) is 1. The van der Waals surface area contributed by atoms with Crippen molar-refractivity contribution in [1.82, 2.24) is 9.71 Å². The molecule has 0 aromatic carbocycles. The van der Waals surface area contributed by atoms with E-state index in [1.165, 1.54) is 11.3 Å². The topological polar surface area (TPSA) is 59.1 Å². The van der Waals surface area contributed by atoms with Gasteiger partial charge in [0.1, 0.15) is 0 Å². The summed E-state index contributed by atoms with van der Waals surface area (Å²) in [5.41, 5.74) is 2.56. The van der Waals surface area contributed by atoms with Gasteiger partial charge in [-0.15, -0.1) is 22.9 Å². The Hall–Kier alpha value is -0.170. The fourth-order valence-electron chi connectivity index (χ4n) is 0.845. The molecule has 7 heteroatoms. The van der Waals surface area contributed by atoms with Crippen LogP contribution in [0.5, 0.6) is 0 Å². The molecule has 4 nitrogen and oxygen atoms in total. The van der Waals surface area contributed by atoms with Gasteiger partial charge >= 0.3 is 0 Å². The lowest BCUT2D eigenvalue weighted by Gasteiger charge is -2.03. The third-order valence-corrected chi connectivity index (χ3v) is 4.32. The first-order valence-electron chi connectivity index (χ1n) is 3.97. The average molecular weight is 255 g/mol. The highest BCUT2D eigenvalue weighted by Crippen LogP contribution is 2.11. The van der Waals surface area contributed by atoms with E-state index >= 15 is 0 Å². The molecule has 0 unspecified atom stereocenters. The highest BCUT2D eigenvalue weighted by molar-refractivity contribution is 7.89. The molecule has 0 radical (unpaired) electrons. The molecule has 1 heterocycles. The summed E-state index contributed by atoms with van der Waals surface area (Å²) < 4.78 is 24.9. The van der Waals surface area contributed by atoms with E-state index in [1.54, 1.807) is 5.51 Å². The minimum atomic E-state index is -3.23.